The van der Waals surface area contributed by atoms with Crippen LogP contribution >= 0.6 is 0 Å². The molecule has 1 unspecified atom stereocenters. The zero-order valence-electron chi connectivity index (χ0n) is 19.6. The van der Waals surface area contributed by atoms with Crippen LogP contribution in [0.1, 0.15) is 58.4 Å². The molecule has 2 aromatic carbocycles. The fourth-order valence-corrected chi connectivity index (χ4v) is 4.94. The standard InChI is InChI=1S/C27H32FN3O3/c1-19-7-3-4-8-23(19)26(33)31-17-13-20(14-18-31)24(27(34)30-15-5-2-6-16-30)29-25(32)21-9-11-22(28)12-10-21/h3-4,7-12,20,24H,2,5-6,13-18H2,1H3,(H,29,32). The van der Waals surface area contributed by atoms with E-state index >= 15 is 0 Å². The summed E-state index contributed by atoms with van der Waals surface area (Å²) in [6, 6.07) is 12.2. The third kappa shape index (κ3) is 5.46. The predicted octanol–water partition coefficient (Wildman–Crippen LogP) is 3.80. The summed E-state index contributed by atoms with van der Waals surface area (Å²) >= 11 is 0. The molecule has 2 saturated heterocycles. The van der Waals surface area contributed by atoms with Gasteiger partial charge in [-0.2, -0.15) is 0 Å². The van der Waals surface area contributed by atoms with Crippen molar-refractivity contribution >= 4 is 17.7 Å². The smallest absolute Gasteiger partial charge is 0.254 e. The SMILES string of the molecule is Cc1ccccc1C(=O)N1CCC(C(NC(=O)c2ccc(F)cc2)C(=O)N2CCCCC2)CC1. The van der Waals surface area contributed by atoms with E-state index in [9.17, 15) is 18.8 Å². The minimum atomic E-state index is -0.661. The first-order valence-corrected chi connectivity index (χ1v) is 12.1. The van der Waals surface area contributed by atoms with Crippen molar-refractivity contribution in [1.29, 1.82) is 0 Å². The summed E-state index contributed by atoms with van der Waals surface area (Å²) in [6.45, 7) is 4.40. The summed E-state index contributed by atoms with van der Waals surface area (Å²) in [5.74, 6) is -0.915. The molecule has 6 nitrogen and oxygen atoms in total. The number of benzene rings is 2. The first-order chi connectivity index (χ1) is 16.4. The molecular weight excluding hydrogens is 433 g/mol. The number of halogens is 1. The largest absolute Gasteiger partial charge is 0.341 e. The van der Waals surface area contributed by atoms with Crippen LogP contribution in [0.25, 0.3) is 0 Å². The zero-order valence-corrected chi connectivity index (χ0v) is 19.6. The molecule has 2 heterocycles. The van der Waals surface area contributed by atoms with Gasteiger partial charge in [-0.3, -0.25) is 14.4 Å². The van der Waals surface area contributed by atoms with Gasteiger partial charge in [0.2, 0.25) is 5.91 Å². The summed E-state index contributed by atoms with van der Waals surface area (Å²) in [6.07, 6.45) is 4.30. The molecule has 2 aromatic rings. The number of hydrogen-bond acceptors (Lipinski definition) is 3. The van der Waals surface area contributed by atoms with Gasteiger partial charge in [-0.05, 0) is 80.8 Å². The zero-order chi connectivity index (χ0) is 24.1. The number of nitrogens with one attached hydrogen (secondary N) is 1. The van der Waals surface area contributed by atoms with Crippen molar-refractivity contribution in [3.05, 3.63) is 71.0 Å². The Kier molecular flexibility index (Phi) is 7.60. The highest BCUT2D eigenvalue weighted by molar-refractivity contribution is 5.98. The Balaban J connectivity index is 1.47. The molecule has 0 radical (unpaired) electrons. The van der Waals surface area contributed by atoms with Gasteiger partial charge in [-0.15, -0.1) is 0 Å². The highest BCUT2D eigenvalue weighted by atomic mass is 19.1. The highest BCUT2D eigenvalue weighted by Gasteiger charge is 2.36. The topological polar surface area (TPSA) is 69.7 Å². The first kappa shape index (κ1) is 23.9. The number of hydrogen-bond donors (Lipinski definition) is 1. The van der Waals surface area contributed by atoms with E-state index in [-0.39, 0.29) is 23.6 Å². The average Bonchev–Trinajstić information content (AvgIpc) is 2.88. The molecule has 0 aliphatic carbocycles. The summed E-state index contributed by atoms with van der Waals surface area (Å²) in [7, 11) is 0. The Hall–Kier alpha value is -3.22. The van der Waals surface area contributed by atoms with Crippen LogP contribution < -0.4 is 5.32 Å². The number of rotatable bonds is 5. The number of carbonyl (C=O) groups excluding carboxylic acids is 3. The molecule has 34 heavy (non-hydrogen) atoms. The van der Waals surface area contributed by atoms with Crippen LogP contribution in [-0.2, 0) is 4.79 Å². The van der Waals surface area contributed by atoms with Crippen molar-refractivity contribution in [2.75, 3.05) is 26.2 Å². The Morgan fingerprint density at radius 3 is 2.18 bits per heavy atom. The van der Waals surface area contributed by atoms with Gasteiger partial charge in [0.1, 0.15) is 11.9 Å². The average molecular weight is 466 g/mol. The lowest BCUT2D eigenvalue weighted by Gasteiger charge is -2.38. The van der Waals surface area contributed by atoms with Crippen LogP contribution in [0.5, 0.6) is 0 Å². The van der Waals surface area contributed by atoms with Gasteiger partial charge >= 0.3 is 0 Å². The summed E-state index contributed by atoms with van der Waals surface area (Å²) in [4.78, 5) is 43.1. The van der Waals surface area contributed by atoms with Crippen molar-refractivity contribution in [3.63, 3.8) is 0 Å². The van der Waals surface area contributed by atoms with E-state index < -0.39 is 11.9 Å². The quantitative estimate of drug-likeness (QED) is 0.730. The van der Waals surface area contributed by atoms with E-state index in [2.05, 4.69) is 5.32 Å². The van der Waals surface area contributed by atoms with Gasteiger partial charge < -0.3 is 15.1 Å². The molecule has 180 valence electrons. The van der Waals surface area contributed by atoms with Gasteiger partial charge in [0.05, 0.1) is 0 Å². The Labute approximate surface area is 200 Å². The number of aryl methyl sites for hydroxylation is 1. The maximum atomic E-state index is 13.5. The third-order valence-corrected chi connectivity index (χ3v) is 7.00. The number of piperidine rings is 2. The molecule has 0 saturated carbocycles. The first-order valence-electron chi connectivity index (χ1n) is 12.1. The highest BCUT2D eigenvalue weighted by Crippen LogP contribution is 2.25. The van der Waals surface area contributed by atoms with Crippen LogP contribution in [0.3, 0.4) is 0 Å². The van der Waals surface area contributed by atoms with Gasteiger partial charge in [-0.25, -0.2) is 4.39 Å². The van der Waals surface area contributed by atoms with Crippen molar-refractivity contribution < 1.29 is 18.8 Å². The molecule has 0 bridgehead atoms. The molecule has 1 atom stereocenters. The van der Waals surface area contributed by atoms with E-state index in [4.69, 9.17) is 0 Å². The number of nitrogens with zero attached hydrogens (tertiary/aromatic N) is 2. The molecule has 2 aliphatic heterocycles. The van der Waals surface area contributed by atoms with Crippen LogP contribution in [0, 0.1) is 18.7 Å². The fourth-order valence-electron chi connectivity index (χ4n) is 4.94. The lowest BCUT2D eigenvalue weighted by molar-refractivity contribution is -0.136. The molecule has 2 aliphatic rings. The molecule has 3 amide bonds. The summed E-state index contributed by atoms with van der Waals surface area (Å²) < 4.78 is 13.3. The number of likely N-dealkylation sites (tertiary alicyclic amines) is 2. The monoisotopic (exact) mass is 465 g/mol. The summed E-state index contributed by atoms with van der Waals surface area (Å²) in [5.41, 5.74) is 1.97. The van der Waals surface area contributed by atoms with E-state index in [0.29, 0.717) is 50.1 Å². The van der Waals surface area contributed by atoms with E-state index in [0.717, 1.165) is 24.8 Å². The molecular formula is C27H32FN3O3. The van der Waals surface area contributed by atoms with Crippen molar-refractivity contribution in [2.45, 2.75) is 45.1 Å². The van der Waals surface area contributed by atoms with E-state index in [1.165, 1.54) is 24.3 Å². The van der Waals surface area contributed by atoms with Gasteiger partial charge in [0.25, 0.3) is 11.8 Å². The molecule has 1 N–H and O–H groups in total. The molecule has 0 spiro atoms. The Morgan fingerprint density at radius 1 is 0.882 bits per heavy atom. The molecule has 0 aromatic heterocycles. The molecule has 4 rings (SSSR count). The van der Waals surface area contributed by atoms with E-state index in [1.54, 1.807) is 0 Å². The Morgan fingerprint density at radius 2 is 1.53 bits per heavy atom. The second kappa shape index (κ2) is 10.8. The Bertz CT molecular complexity index is 1030. The van der Waals surface area contributed by atoms with E-state index in [1.807, 2.05) is 41.0 Å². The summed E-state index contributed by atoms with van der Waals surface area (Å²) in [5, 5.41) is 2.95. The van der Waals surface area contributed by atoms with Crippen LogP contribution in [-0.4, -0.2) is 59.7 Å². The minimum Gasteiger partial charge on any atom is -0.341 e. The van der Waals surface area contributed by atoms with Gasteiger partial charge in [0, 0.05) is 37.3 Å². The maximum Gasteiger partial charge on any atom is 0.254 e. The van der Waals surface area contributed by atoms with Crippen molar-refractivity contribution in [2.24, 2.45) is 5.92 Å². The predicted molar refractivity (Wildman–Crippen MR) is 128 cm³/mol. The normalized spacial score (nSPS) is 17.8. The van der Waals surface area contributed by atoms with Crippen LogP contribution in [0.2, 0.25) is 0 Å². The molecule has 7 heteroatoms. The van der Waals surface area contributed by atoms with Crippen molar-refractivity contribution in [3.8, 4) is 0 Å². The van der Waals surface area contributed by atoms with Crippen molar-refractivity contribution in [1.82, 2.24) is 15.1 Å². The number of amides is 3. The maximum absolute atomic E-state index is 13.5. The van der Waals surface area contributed by atoms with Gasteiger partial charge in [0.15, 0.2) is 0 Å². The lowest BCUT2D eigenvalue weighted by atomic mass is 9.87. The second-order valence-corrected chi connectivity index (χ2v) is 9.29. The second-order valence-electron chi connectivity index (χ2n) is 9.29. The minimum absolute atomic E-state index is 0.00537. The molecule has 2 fully saturated rings. The van der Waals surface area contributed by atoms with Crippen LogP contribution in [0.15, 0.2) is 48.5 Å². The lowest BCUT2D eigenvalue weighted by Crippen LogP contribution is -2.55. The third-order valence-electron chi connectivity index (χ3n) is 7.00. The van der Waals surface area contributed by atoms with Gasteiger partial charge in [-0.1, -0.05) is 18.2 Å². The van der Waals surface area contributed by atoms with Crippen LogP contribution in [0.4, 0.5) is 4.39 Å². The fraction of sp³-hybridized carbons (Fsp3) is 0.444. The number of carbonyl (C=O) groups is 3.